The molecule has 0 spiro atoms. The lowest BCUT2D eigenvalue weighted by Gasteiger charge is -2.36. The number of hydrogen-bond acceptors (Lipinski definition) is 2. The van der Waals surface area contributed by atoms with Gasteiger partial charge < -0.3 is 10.1 Å². The highest BCUT2D eigenvalue weighted by Gasteiger charge is 2.28. The van der Waals surface area contributed by atoms with E-state index in [9.17, 15) is 0 Å². The SMILES string of the molecule is CC1CNC(C(C)(C)C)CO1. The Bertz CT molecular complexity index is 120. The van der Waals surface area contributed by atoms with Crippen LogP contribution in [0.1, 0.15) is 27.7 Å². The van der Waals surface area contributed by atoms with Crippen LogP contribution in [0.25, 0.3) is 0 Å². The molecule has 11 heavy (non-hydrogen) atoms. The largest absolute Gasteiger partial charge is 0.376 e. The van der Waals surface area contributed by atoms with Crippen molar-refractivity contribution in [2.75, 3.05) is 13.2 Å². The van der Waals surface area contributed by atoms with Gasteiger partial charge in [0.1, 0.15) is 0 Å². The molecule has 1 rings (SSSR count). The van der Waals surface area contributed by atoms with Crippen molar-refractivity contribution in [3.63, 3.8) is 0 Å². The maximum absolute atomic E-state index is 5.55. The first-order valence-electron chi connectivity index (χ1n) is 4.35. The molecule has 2 heteroatoms. The van der Waals surface area contributed by atoms with Crippen molar-refractivity contribution >= 4 is 0 Å². The molecule has 1 heterocycles. The van der Waals surface area contributed by atoms with Crippen molar-refractivity contribution in [2.45, 2.75) is 39.8 Å². The van der Waals surface area contributed by atoms with Crippen molar-refractivity contribution in [2.24, 2.45) is 5.41 Å². The van der Waals surface area contributed by atoms with Crippen LogP contribution in [0, 0.1) is 5.41 Å². The molecule has 0 aliphatic carbocycles. The average molecular weight is 157 g/mol. The highest BCUT2D eigenvalue weighted by molar-refractivity contribution is 4.83. The normalized spacial score (nSPS) is 33.8. The molecule has 0 radical (unpaired) electrons. The van der Waals surface area contributed by atoms with E-state index in [0.29, 0.717) is 17.6 Å². The fourth-order valence-electron chi connectivity index (χ4n) is 1.24. The second kappa shape index (κ2) is 3.11. The van der Waals surface area contributed by atoms with Gasteiger partial charge in [-0.25, -0.2) is 0 Å². The molecule has 66 valence electrons. The summed E-state index contributed by atoms with van der Waals surface area (Å²) in [6, 6.07) is 0.513. The molecule has 2 atom stereocenters. The average Bonchev–Trinajstić information content (AvgIpc) is 1.86. The minimum absolute atomic E-state index is 0.320. The first-order chi connectivity index (χ1) is 5.00. The van der Waals surface area contributed by atoms with Crippen LogP contribution in [-0.2, 0) is 4.74 Å². The standard InChI is InChI=1S/C9H19NO/c1-7-5-10-8(6-11-7)9(2,3)4/h7-8,10H,5-6H2,1-4H3. The number of morpholine rings is 1. The van der Waals surface area contributed by atoms with E-state index in [4.69, 9.17) is 4.74 Å². The zero-order chi connectivity index (χ0) is 8.48. The molecule has 1 aliphatic rings. The highest BCUT2D eigenvalue weighted by Crippen LogP contribution is 2.21. The number of ether oxygens (including phenoxy) is 1. The van der Waals surface area contributed by atoms with E-state index in [1.165, 1.54) is 0 Å². The lowest BCUT2D eigenvalue weighted by molar-refractivity contribution is -0.0114. The van der Waals surface area contributed by atoms with Gasteiger partial charge in [0.25, 0.3) is 0 Å². The van der Waals surface area contributed by atoms with E-state index in [0.717, 1.165) is 13.2 Å². The smallest absolute Gasteiger partial charge is 0.0672 e. The molecule has 1 fully saturated rings. The minimum Gasteiger partial charge on any atom is -0.376 e. The van der Waals surface area contributed by atoms with Crippen LogP contribution < -0.4 is 5.32 Å². The van der Waals surface area contributed by atoms with E-state index < -0.39 is 0 Å². The van der Waals surface area contributed by atoms with E-state index in [2.05, 4.69) is 33.0 Å². The summed E-state index contributed by atoms with van der Waals surface area (Å²) in [5, 5.41) is 3.48. The minimum atomic E-state index is 0.320. The van der Waals surface area contributed by atoms with Crippen LogP contribution in [0.2, 0.25) is 0 Å². The van der Waals surface area contributed by atoms with Gasteiger partial charge in [-0.15, -0.1) is 0 Å². The van der Waals surface area contributed by atoms with Gasteiger partial charge >= 0.3 is 0 Å². The maximum atomic E-state index is 5.55. The molecule has 0 amide bonds. The molecule has 1 aliphatic heterocycles. The molecule has 1 saturated heterocycles. The van der Waals surface area contributed by atoms with Crippen LogP contribution in [0.5, 0.6) is 0 Å². The summed E-state index contributed by atoms with van der Waals surface area (Å²) in [7, 11) is 0. The second-order valence-electron chi connectivity index (χ2n) is 4.47. The van der Waals surface area contributed by atoms with Gasteiger partial charge in [-0.1, -0.05) is 20.8 Å². The Morgan fingerprint density at radius 3 is 2.36 bits per heavy atom. The van der Waals surface area contributed by atoms with E-state index >= 15 is 0 Å². The fraction of sp³-hybridized carbons (Fsp3) is 1.00. The van der Waals surface area contributed by atoms with Gasteiger partial charge in [0, 0.05) is 12.6 Å². The van der Waals surface area contributed by atoms with Crippen molar-refractivity contribution in [3.8, 4) is 0 Å². The van der Waals surface area contributed by atoms with Gasteiger partial charge in [0.2, 0.25) is 0 Å². The number of hydrogen-bond donors (Lipinski definition) is 1. The predicted octanol–water partition coefficient (Wildman–Crippen LogP) is 1.41. The first-order valence-corrected chi connectivity index (χ1v) is 4.35. The molecule has 0 bridgehead atoms. The third-order valence-electron chi connectivity index (χ3n) is 2.24. The Balaban J connectivity index is 2.39. The van der Waals surface area contributed by atoms with Crippen LogP contribution >= 0.6 is 0 Å². The highest BCUT2D eigenvalue weighted by atomic mass is 16.5. The second-order valence-corrected chi connectivity index (χ2v) is 4.47. The molecule has 2 nitrogen and oxygen atoms in total. The summed E-state index contributed by atoms with van der Waals surface area (Å²) < 4.78 is 5.55. The van der Waals surface area contributed by atoms with Crippen LogP contribution in [-0.4, -0.2) is 25.3 Å². The van der Waals surface area contributed by atoms with Gasteiger partial charge in [-0.3, -0.25) is 0 Å². The van der Waals surface area contributed by atoms with Crippen molar-refractivity contribution in [1.29, 1.82) is 0 Å². The summed E-state index contributed by atoms with van der Waals surface area (Å²) in [5.74, 6) is 0. The summed E-state index contributed by atoms with van der Waals surface area (Å²) >= 11 is 0. The predicted molar refractivity (Wildman–Crippen MR) is 46.7 cm³/mol. The van der Waals surface area contributed by atoms with E-state index in [1.807, 2.05) is 0 Å². The van der Waals surface area contributed by atoms with Crippen molar-refractivity contribution in [1.82, 2.24) is 5.32 Å². The van der Waals surface area contributed by atoms with Crippen LogP contribution in [0.4, 0.5) is 0 Å². The van der Waals surface area contributed by atoms with Gasteiger partial charge in [0.15, 0.2) is 0 Å². The molecular weight excluding hydrogens is 138 g/mol. The summed E-state index contributed by atoms with van der Waals surface area (Å²) in [6.07, 6.45) is 0.383. The zero-order valence-electron chi connectivity index (χ0n) is 7.98. The Morgan fingerprint density at radius 2 is 2.00 bits per heavy atom. The fourth-order valence-corrected chi connectivity index (χ4v) is 1.24. The summed E-state index contributed by atoms with van der Waals surface area (Å²) in [4.78, 5) is 0. The molecule has 0 aromatic heterocycles. The molecule has 2 unspecified atom stereocenters. The van der Waals surface area contributed by atoms with Gasteiger partial charge in [0.05, 0.1) is 12.7 Å². The van der Waals surface area contributed by atoms with Gasteiger partial charge in [-0.2, -0.15) is 0 Å². The van der Waals surface area contributed by atoms with Gasteiger partial charge in [-0.05, 0) is 12.3 Å². The first kappa shape index (κ1) is 9.01. The zero-order valence-corrected chi connectivity index (χ0v) is 7.98. The lowest BCUT2D eigenvalue weighted by Crippen LogP contribution is -2.51. The molecule has 0 saturated carbocycles. The van der Waals surface area contributed by atoms with Crippen molar-refractivity contribution in [3.05, 3.63) is 0 Å². The Kier molecular flexibility index (Phi) is 2.55. The summed E-state index contributed by atoms with van der Waals surface area (Å²) in [5.41, 5.74) is 0.320. The molecule has 1 N–H and O–H groups in total. The van der Waals surface area contributed by atoms with Crippen molar-refractivity contribution < 1.29 is 4.74 Å². The Hall–Kier alpha value is -0.0800. The topological polar surface area (TPSA) is 21.3 Å². The number of rotatable bonds is 0. The third-order valence-corrected chi connectivity index (χ3v) is 2.24. The molecular formula is C9H19NO. The van der Waals surface area contributed by atoms with E-state index in [-0.39, 0.29) is 0 Å². The van der Waals surface area contributed by atoms with Crippen LogP contribution in [0.15, 0.2) is 0 Å². The number of nitrogens with one attached hydrogen (secondary N) is 1. The van der Waals surface area contributed by atoms with Crippen LogP contribution in [0.3, 0.4) is 0 Å². The molecule has 0 aromatic rings. The van der Waals surface area contributed by atoms with E-state index in [1.54, 1.807) is 0 Å². The molecule has 0 aromatic carbocycles. The summed E-state index contributed by atoms with van der Waals surface area (Å²) in [6.45, 7) is 10.7. The lowest BCUT2D eigenvalue weighted by atomic mass is 9.86. The monoisotopic (exact) mass is 157 g/mol. The Morgan fingerprint density at radius 1 is 1.36 bits per heavy atom. The third kappa shape index (κ3) is 2.46. The maximum Gasteiger partial charge on any atom is 0.0672 e. The Labute approximate surface area is 69.3 Å². The quantitative estimate of drug-likeness (QED) is 0.574.